The fourth-order valence-electron chi connectivity index (χ4n) is 0.682. The summed E-state index contributed by atoms with van der Waals surface area (Å²) < 4.78 is 0. The summed E-state index contributed by atoms with van der Waals surface area (Å²) in [5.41, 5.74) is 0. The van der Waals surface area contributed by atoms with E-state index in [1.54, 1.807) is 6.08 Å². The zero-order valence-electron chi connectivity index (χ0n) is 6.47. The van der Waals surface area contributed by atoms with Gasteiger partial charge < -0.3 is 0 Å². The molecule has 0 heteroatoms. The molecule has 1 radical (unpaired) electrons. The van der Waals surface area contributed by atoms with Gasteiger partial charge in [-0.2, -0.15) is 0 Å². The lowest BCUT2D eigenvalue weighted by molar-refractivity contribution is 0.755. The van der Waals surface area contributed by atoms with Crippen LogP contribution in [0.2, 0.25) is 0 Å². The second-order valence-corrected chi connectivity index (χ2v) is 2.14. The lowest BCUT2D eigenvalue weighted by Crippen LogP contribution is -1.71. The van der Waals surface area contributed by atoms with E-state index in [9.17, 15) is 0 Å². The molecule has 0 nitrogen and oxygen atoms in total. The molecule has 55 valence electrons. The van der Waals surface area contributed by atoms with Crippen LogP contribution in [-0.4, -0.2) is 0 Å². The molecule has 0 aliphatic rings. The third-order valence-electron chi connectivity index (χ3n) is 1.22. The van der Waals surface area contributed by atoms with E-state index < -0.39 is 0 Å². The minimum atomic E-state index is 1.04. The summed E-state index contributed by atoms with van der Waals surface area (Å²) >= 11 is 0. The van der Waals surface area contributed by atoms with E-state index in [1.165, 1.54) is 12.8 Å². The summed E-state index contributed by atoms with van der Waals surface area (Å²) in [4.78, 5) is 0. The van der Waals surface area contributed by atoms with Crippen LogP contribution in [-0.2, 0) is 0 Å². The predicted molar refractivity (Wildman–Crippen MR) is 46.7 cm³/mol. The molecule has 0 amide bonds. The van der Waals surface area contributed by atoms with Gasteiger partial charge >= 0.3 is 0 Å². The maximum Gasteiger partial charge on any atom is -0.0276 e. The van der Waals surface area contributed by atoms with Crippen molar-refractivity contribution in [2.75, 3.05) is 0 Å². The van der Waals surface area contributed by atoms with Gasteiger partial charge in [-0.3, -0.25) is 0 Å². The SMILES string of the molecule is C=C/C=[C]/CCCCC=C. The Hall–Kier alpha value is -0.780. The maximum absolute atomic E-state index is 3.65. The van der Waals surface area contributed by atoms with Crippen molar-refractivity contribution in [2.45, 2.75) is 25.7 Å². The van der Waals surface area contributed by atoms with Crippen LogP contribution in [0.3, 0.4) is 0 Å². The van der Waals surface area contributed by atoms with E-state index in [-0.39, 0.29) is 0 Å². The van der Waals surface area contributed by atoms with E-state index in [4.69, 9.17) is 0 Å². The molecule has 0 spiro atoms. The molecule has 0 atom stereocenters. The first-order valence-electron chi connectivity index (χ1n) is 3.70. The molecule has 0 saturated carbocycles. The van der Waals surface area contributed by atoms with Gasteiger partial charge in [0.2, 0.25) is 0 Å². The molecule has 0 bridgehead atoms. The van der Waals surface area contributed by atoms with Crippen LogP contribution in [0.15, 0.2) is 31.4 Å². The van der Waals surface area contributed by atoms with E-state index in [0.29, 0.717) is 0 Å². The monoisotopic (exact) mass is 135 g/mol. The molecule has 0 aromatic heterocycles. The fourth-order valence-corrected chi connectivity index (χ4v) is 0.682. The minimum absolute atomic E-state index is 1.04. The van der Waals surface area contributed by atoms with Gasteiger partial charge in [0, 0.05) is 0 Å². The highest BCUT2D eigenvalue weighted by molar-refractivity contribution is 4.92. The lowest BCUT2D eigenvalue weighted by Gasteiger charge is -1.89. The van der Waals surface area contributed by atoms with Gasteiger partial charge in [0.25, 0.3) is 0 Å². The van der Waals surface area contributed by atoms with Crippen molar-refractivity contribution in [1.82, 2.24) is 0 Å². The van der Waals surface area contributed by atoms with Crippen molar-refractivity contribution in [3.05, 3.63) is 37.5 Å². The van der Waals surface area contributed by atoms with Crippen molar-refractivity contribution in [3.63, 3.8) is 0 Å². The Morgan fingerprint density at radius 3 is 2.60 bits per heavy atom. The topological polar surface area (TPSA) is 0 Å². The Kier molecular flexibility index (Phi) is 7.58. The van der Waals surface area contributed by atoms with Gasteiger partial charge in [-0.1, -0.05) is 24.8 Å². The molecule has 0 fully saturated rings. The Balaban J connectivity index is 2.96. The largest absolute Gasteiger partial charge is 0.103 e. The summed E-state index contributed by atoms with van der Waals surface area (Å²) in [6.45, 7) is 7.21. The van der Waals surface area contributed by atoms with Gasteiger partial charge in [0.1, 0.15) is 0 Å². The smallest absolute Gasteiger partial charge is 0.0276 e. The first-order valence-corrected chi connectivity index (χ1v) is 3.70. The molecule has 0 aliphatic heterocycles. The first kappa shape index (κ1) is 9.22. The van der Waals surface area contributed by atoms with Gasteiger partial charge in [-0.05, 0) is 31.8 Å². The molecule has 0 N–H and O–H groups in total. The highest BCUT2D eigenvalue weighted by Crippen LogP contribution is 1.99. The van der Waals surface area contributed by atoms with Crippen LogP contribution >= 0.6 is 0 Å². The van der Waals surface area contributed by atoms with Crippen molar-refractivity contribution < 1.29 is 0 Å². The Morgan fingerprint density at radius 2 is 2.00 bits per heavy atom. The highest BCUT2D eigenvalue weighted by Gasteiger charge is 1.81. The average molecular weight is 135 g/mol. The van der Waals surface area contributed by atoms with Crippen molar-refractivity contribution >= 4 is 0 Å². The number of hydrogen-bond acceptors (Lipinski definition) is 0. The van der Waals surface area contributed by atoms with E-state index in [2.05, 4.69) is 19.2 Å². The second-order valence-electron chi connectivity index (χ2n) is 2.14. The quantitative estimate of drug-likeness (QED) is 0.298. The zero-order valence-corrected chi connectivity index (χ0v) is 6.47. The number of unbranched alkanes of at least 4 members (excludes halogenated alkanes) is 3. The molecule has 0 aromatic carbocycles. The summed E-state index contributed by atoms with van der Waals surface area (Å²) in [5, 5.41) is 0. The van der Waals surface area contributed by atoms with E-state index >= 15 is 0 Å². The lowest BCUT2D eigenvalue weighted by atomic mass is 10.2. The Bertz CT molecular complexity index is 109. The Morgan fingerprint density at radius 1 is 1.20 bits per heavy atom. The number of hydrogen-bond donors (Lipinski definition) is 0. The van der Waals surface area contributed by atoms with Crippen LogP contribution < -0.4 is 0 Å². The highest BCUT2D eigenvalue weighted by atomic mass is 13.9. The standard InChI is InChI=1S/C10H15/c1-3-5-7-9-10-8-6-4-2/h3-5H,1-2,6,8-10H2. The molecule has 0 aromatic rings. The summed E-state index contributed by atoms with van der Waals surface area (Å²) in [6.07, 6.45) is 13.3. The normalized spacial score (nSPS) is 10.0. The van der Waals surface area contributed by atoms with E-state index in [0.717, 1.165) is 12.8 Å². The van der Waals surface area contributed by atoms with Gasteiger partial charge in [-0.15, -0.1) is 6.58 Å². The van der Waals surface area contributed by atoms with Crippen molar-refractivity contribution in [2.24, 2.45) is 0 Å². The van der Waals surface area contributed by atoms with Crippen molar-refractivity contribution in [1.29, 1.82) is 0 Å². The third kappa shape index (κ3) is 7.22. The molecular weight excluding hydrogens is 120 g/mol. The fraction of sp³-hybridized carbons (Fsp3) is 0.400. The first-order chi connectivity index (χ1) is 4.91. The minimum Gasteiger partial charge on any atom is -0.103 e. The van der Waals surface area contributed by atoms with Crippen LogP contribution in [0, 0.1) is 6.08 Å². The molecule has 0 heterocycles. The number of allylic oxidation sites excluding steroid dienone is 4. The molecule has 0 rings (SSSR count). The van der Waals surface area contributed by atoms with Crippen LogP contribution in [0.25, 0.3) is 0 Å². The molecule has 0 aliphatic carbocycles. The van der Waals surface area contributed by atoms with Crippen molar-refractivity contribution in [3.8, 4) is 0 Å². The van der Waals surface area contributed by atoms with Crippen LogP contribution in [0.5, 0.6) is 0 Å². The molecular formula is C10H15. The van der Waals surface area contributed by atoms with E-state index in [1.807, 2.05) is 12.2 Å². The Labute approximate surface area is 64.0 Å². The molecule has 0 saturated heterocycles. The van der Waals surface area contributed by atoms with Crippen LogP contribution in [0.4, 0.5) is 0 Å². The molecule has 10 heavy (non-hydrogen) atoms. The van der Waals surface area contributed by atoms with Gasteiger partial charge in [0.15, 0.2) is 0 Å². The summed E-state index contributed by atoms with van der Waals surface area (Å²) in [7, 11) is 0. The maximum atomic E-state index is 3.65. The van der Waals surface area contributed by atoms with Crippen LogP contribution in [0.1, 0.15) is 25.7 Å². The molecule has 0 unspecified atom stereocenters. The zero-order chi connectivity index (χ0) is 7.66. The number of rotatable bonds is 6. The third-order valence-corrected chi connectivity index (χ3v) is 1.22. The predicted octanol–water partition coefficient (Wildman–Crippen LogP) is 3.28. The average Bonchev–Trinajstić information content (AvgIpc) is 1.97. The van der Waals surface area contributed by atoms with Gasteiger partial charge in [0.05, 0.1) is 0 Å². The van der Waals surface area contributed by atoms with Gasteiger partial charge in [-0.25, -0.2) is 0 Å². The summed E-state index contributed by atoms with van der Waals surface area (Å²) in [6, 6.07) is 0. The summed E-state index contributed by atoms with van der Waals surface area (Å²) in [5.74, 6) is 0. The second kappa shape index (κ2) is 8.22.